The summed E-state index contributed by atoms with van der Waals surface area (Å²) in [4.78, 5) is 14.8. The maximum absolute atomic E-state index is 12.9. The minimum atomic E-state index is -0.189. The number of aromatic amines is 1. The maximum Gasteiger partial charge on any atom is 0.274 e. The van der Waals surface area contributed by atoms with Gasteiger partial charge in [-0.25, -0.2) is 0 Å². The number of nitrogens with zero attached hydrogens (tertiary/aromatic N) is 2. The number of carbonyl (C=O) groups is 1. The molecule has 1 saturated heterocycles. The van der Waals surface area contributed by atoms with E-state index < -0.39 is 0 Å². The number of H-pyrrole nitrogens is 1. The summed E-state index contributed by atoms with van der Waals surface area (Å²) in [5.74, 6) is -0.00486. The van der Waals surface area contributed by atoms with Gasteiger partial charge in [-0.05, 0) is 31.7 Å². The zero-order valence-electron chi connectivity index (χ0n) is 13.4. The molecule has 0 saturated carbocycles. The van der Waals surface area contributed by atoms with Gasteiger partial charge in [0.1, 0.15) is 6.10 Å². The number of aromatic nitrogens is 2. The molecule has 0 radical (unpaired) electrons. The lowest BCUT2D eigenvalue weighted by Crippen LogP contribution is -2.42. The summed E-state index contributed by atoms with van der Waals surface area (Å²) >= 11 is 6.28. The summed E-state index contributed by atoms with van der Waals surface area (Å²) in [5.41, 5.74) is 3.75. The highest BCUT2D eigenvalue weighted by atomic mass is 35.5. The minimum Gasteiger partial charge on any atom is -0.370 e. The van der Waals surface area contributed by atoms with Crippen LogP contribution < -0.4 is 0 Å². The standard InChI is InChI=1S/C18H20ClN3O2/c19-14-7-3-1-5-12(14)16-11-22(9-10-24-16)18(23)17-13-6-2-4-8-15(13)20-21-17/h1,3,5,7,16H,2,4,6,8-11H2,(H,20,21). The van der Waals surface area contributed by atoms with E-state index in [-0.39, 0.29) is 12.0 Å². The van der Waals surface area contributed by atoms with Gasteiger partial charge in [-0.2, -0.15) is 5.10 Å². The van der Waals surface area contributed by atoms with Crippen LogP contribution in [0.5, 0.6) is 0 Å². The summed E-state index contributed by atoms with van der Waals surface area (Å²) < 4.78 is 5.85. The monoisotopic (exact) mass is 345 g/mol. The van der Waals surface area contributed by atoms with Crippen molar-refractivity contribution in [2.24, 2.45) is 0 Å². The molecule has 1 amide bonds. The van der Waals surface area contributed by atoms with Gasteiger partial charge in [-0.15, -0.1) is 0 Å². The van der Waals surface area contributed by atoms with Crippen LogP contribution in [0.2, 0.25) is 5.02 Å². The number of carbonyl (C=O) groups excluding carboxylic acids is 1. The Hall–Kier alpha value is -1.85. The molecular formula is C18H20ClN3O2. The number of morpholine rings is 1. The Labute approximate surface area is 145 Å². The summed E-state index contributed by atoms with van der Waals surface area (Å²) in [5, 5.41) is 8.03. The van der Waals surface area contributed by atoms with Crippen molar-refractivity contribution >= 4 is 17.5 Å². The van der Waals surface area contributed by atoms with Gasteiger partial charge in [0.25, 0.3) is 5.91 Å². The Kier molecular flexibility index (Phi) is 4.29. The average Bonchev–Trinajstić information content (AvgIpc) is 3.06. The van der Waals surface area contributed by atoms with Crippen molar-refractivity contribution in [3.05, 3.63) is 51.8 Å². The largest absolute Gasteiger partial charge is 0.370 e. The zero-order valence-corrected chi connectivity index (χ0v) is 14.2. The molecule has 1 aliphatic carbocycles. The Morgan fingerprint density at radius 2 is 2.12 bits per heavy atom. The van der Waals surface area contributed by atoms with Crippen molar-refractivity contribution in [1.29, 1.82) is 0 Å². The van der Waals surface area contributed by atoms with Crippen molar-refractivity contribution in [1.82, 2.24) is 15.1 Å². The Morgan fingerprint density at radius 1 is 1.29 bits per heavy atom. The first kappa shape index (κ1) is 15.7. The molecule has 1 atom stereocenters. The van der Waals surface area contributed by atoms with E-state index in [2.05, 4.69) is 10.2 Å². The van der Waals surface area contributed by atoms with Gasteiger partial charge < -0.3 is 9.64 Å². The van der Waals surface area contributed by atoms with E-state index >= 15 is 0 Å². The summed E-state index contributed by atoms with van der Waals surface area (Å²) in [6, 6.07) is 7.64. The molecule has 2 aliphatic rings. The Balaban J connectivity index is 1.55. The van der Waals surface area contributed by atoms with E-state index in [9.17, 15) is 4.79 Å². The third kappa shape index (κ3) is 2.82. The lowest BCUT2D eigenvalue weighted by molar-refractivity contribution is -0.0230. The highest BCUT2D eigenvalue weighted by Gasteiger charge is 2.30. The number of hydrogen-bond donors (Lipinski definition) is 1. The molecule has 5 nitrogen and oxygen atoms in total. The number of ether oxygens (including phenoxy) is 1. The molecule has 1 fully saturated rings. The van der Waals surface area contributed by atoms with Gasteiger partial charge in [0, 0.05) is 28.4 Å². The highest BCUT2D eigenvalue weighted by molar-refractivity contribution is 6.31. The van der Waals surface area contributed by atoms with Gasteiger partial charge in [0.05, 0.1) is 13.2 Å². The van der Waals surface area contributed by atoms with Crippen molar-refractivity contribution < 1.29 is 9.53 Å². The molecule has 0 bridgehead atoms. The Morgan fingerprint density at radius 3 is 3.00 bits per heavy atom. The topological polar surface area (TPSA) is 58.2 Å². The first-order chi connectivity index (χ1) is 11.7. The van der Waals surface area contributed by atoms with Crippen LogP contribution in [0.15, 0.2) is 24.3 Å². The molecule has 126 valence electrons. The first-order valence-electron chi connectivity index (χ1n) is 8.45. The van der Waals surface area contributed by atoms with Crippen LogP contribution in [-0.4, -0.2) is 40.7 Å². The fraction of sp³-hybridized carbons (Fsp3) is 0.444. The molecule has 6 heteroatoms. The minimum absolute atomic E-state index is 0.00486. The molecule has 24 heavy (non-hydrogen) atoms. The van der Waals surface area contributed by atoms with Gasteiger partial charge in [-0.1, -0.05) is 29.8 Å². The molecule has 1 aromatic heterocycles. The van der Waals surface area contributed by atoms with E-state index in [1.165, 1.54) is 0 Å². The second-order valence-corrected chi connectivity index (χ2v) is 6.78. The Bertz CT molecular complexity index is 758. The number of aryl methyl sites for hydroxylation is 1. The summed E-state index contributed by atoms with van der Waals surface area (Å²) in [6.45, 7) is 1.60. The van der Waals surface area contributed by atoms with E-state index in [4.69, 9.17) is 16.3 Å². The third-order valence-corrected chi connectivity index (χ3v) is 5.21. The van der Waals surface area contributed by atoms with Crippen LogP contribution in [0.25, 0.3) is 0 Å². The van der Waals surface area contributed by atoms with Gasteiger partial charge in [0.2, 0.25) is 0 Å². The molecule has 4 rings (SSSR count). The molecule has 1 aromatic carbocycles. The van der Waals surface area contributed by atoms with Crippen LogP contribution in [-0.2, 0) is 17.6 Å². The number of halogens is 1. The highest BCUT2D eigenvalue weighted by Crippen LogP contribution is 2.30. The van der Waals surface area contributed by atoms with Crippen LogP contribution in [0.3, 0.4) is 0 Å². The van der Waals surface area contributed by atoms with Crippen molar-refractivity contribution in [3.63, 3.8) is 0 Å². The van der Waals surface area contributed by atoms with Crippen LogP contribution >= 0.6 is 11.6 Å². The number of rotatable bonds is 2. The fourth-order valence-corrected chi connectivity index (χ4v) is 3.82. The van der Waals surface area contributed by atoms with Gasteiger partial charge in [-0.3, -0.25) is 9.89 Å². The number of nitrogens with one attached hydrogen (secondary N) is 1. The summed E-state index contributed by atoms with van der Waals surface area (Å²) in [6.07, 6.45) is 4.02. The second kappa shape index (κ2) is 6.57. The predicted molar refractivity (Wildman–Crippen MR) is 91.3 cm³/mol. The SMILES string of the molecule is O=C(c1n[nH]c2c1CCCC2)N1CCOC(c2ccccc2Cl)C1. The molecule has 1 unspecified atom stereocenters. The van der Waals surface area contributed by atoms with E-state index in [0.29, 0.717) is 30.4 Å². The smallest absolute Gasteiger partial charge is 0.274 e. The number of amides is 1. The van der Waals surface area contributed by atoms with Crippen LogP contribution in [0.1, 0.15) is 46.3 Å². The lowest BCUT2D eigenvalue weighted by Gasteiger charge is -2.33. The van der Waals surface area contributed by atoms with Gasteiger partial charge in [0.15, 0.2) is 5.69 Å². The molecule has 2 aromatic rings. The van der Waals surface area contributed by atoms with Crippen LogP contribution in [0.4, 0.5) is 0 Å². The predicted octanol–water partition coefficient (Wildman–Crippen LogP) is 3.16. The molecule has 1 N–H and O–H groups in total. The average molecular weight is 346 g/mol. The lowest BCUT2D eigenvalue weighted by atomic mass is 9.95. The number of hydrogen-bond acceptors (Lipinski definition) is 3. The van der Waals surface area contributed by atoms with E-state index in [1.54, 1.807) is 0 Å². The fourth-order valence-electron chi connectivity index (χ4n) is 3.57. The van der Waals surface area contributed by atoms with E-state index in [0.717, 1.165) is 42.5 Å². The molecule has 0 spiro atoms. The van der Waals surface area contributed by atoms with Crippen molar-refractivity contribution in [2.75, 3.05) is 19.7 Å². The quantitative estimate of drug-likeness (QED) is 0.909. The third-order valence-electron chi connectivity index (χ3n) is 4.86. The van der Waals surface area contributed by atoms with Gasteiger partial charge >= 0.3 is 0 Å². The molecular weight excluding hydrogens is 326 g/mol. The van der Waals surface area contributed by atoms with Crippen molar-refractivity contribution in [2.45, 2.75) is 31.8 Å². The maximum atomic E-state index is 12.9. The summed E-state index contributed by atoms with van der Waals surface area (Å²) in [7, 11) is 0. The molecule has 1 aliphatic heterocycles. The normalized spacial score (nSPS) is 20.7. The van der Waals surface area contributed by atoms with Crippen LogP contribution in [0, 0.1) is 0 Å². The molecule has 2 heterocycles. The zero-order chi connectivity index (χ0) is 16.5. The number of fused-ring (bicyclic) bond motifs is 1. The number of benzene rings is 1. The first-order valence-corrected chi connectivity index (χ1v) is 8.83. The van der Waals surface area contributed by atoms with Crippen molar-refractivity contribution in [3.8, 4) is 0 Å². The van der Waals surface area contributed by atoms with E-state index in [1.807, 2.05) is 29.2 Å². The second-order valence-electron chi connectivity index (χ2n) is 6.37.